The van der Waals surface area contributed by atoms with Crippen LogP contribution >= 0.6 is 0 Å². The maximum absolute atomic E-state index is 14.6. The summed E-state index contributed by atoms with van der Waals surface area (Å²) < 4.78 is 14.6. The Hall–Kier alpha value is -4.29. The molecule has 3 heterocycles. The van der Waals surface area contributed by atoms with Gasteiger partial charge in [-0.2, -0.15) is 5.10 Å². The van der Waals surface area contributed by atoms with Crippen molar-refractivity contribution in [2.45, 2.75) is 19.8 Å². The lowest BCUT2D eigenvalue weighted by molar-refractivity contribution is 0.400. The van der Waals surface area contributed by atoms with E-state index in [9.17, 15) is 4.39 Å². The summed E-state index contributed by atoms with van der Waals surface area (Å²) in [5.41, 5.74) is 8.18. The fourth-order valence-electron chi connectivity index (χ4n) is 4.84. The van der Waals surface area contributed by atoms with Crippen LogP contribution < -0.4 is 0 Å². The lowest BCUT2D eigenvalue weighted by Crippen LogP contribution is -2.12. The SMILES string of the molecule is C=C/C(=C\C(=C/C)c1ccc2[nH]nc(-c3cc4c(-c5ccccc5F)cncc4[nH]3)c2c1)CCCN(C)C. The zero-order valence-electron chi connectivity index (χ0n) is 22.1. The molecule has 2 N–H and O–H groups in total. The summed E-state index contributed by atoms with van der Waals surface area (Å²) in [6, 6.07) is 15.1. The number of pyridine rings is 1. The van der Waals surface area contributed by atoms with E-state index in [0.29, 0.717) is 5.56 Å². The zero-order chi connectivity index (χ0) is 26.6. The minimum Gasteiger partial charge on any atom is -0.352 e. The quantitative estimate of drug-likeness (QED) is 0.201. The number of H-pyrrole nitrogens is 2. The number of benzene rings is 2. The summed E-state index contributed by atoms with van der Waals surface area (Å²) in [6.07, 6.45) is 11.8. The Labute approximate surface area is 222 Å². The first-order valence-electron chi connectivity index (χ1n) is 12.8. The van der Waals surface area contributed by atoms with Gasteiger partial charge in [-0.05, 0) is 81.4 Å². The molecule has 0 saturated heterocycles. The van der Waals surface area contributed by atoms with Crippen LogP contribution in [0, 0.1) is 5.82 Å². The van der Waals surface area contributed by atoms with Crippen molar-refractivity contribution < 1.29 is 4.39 Å². The second-order valence-electron chi connectivity index (χ2n) is 9.72. The average molecular weight is 506 g/mol. The monoisotopic (exact) mass is 505 g/mol. The molecule has 0 bridgehead atoms. The van der Waals surface area contributed by atoms with Crippen LogP contribution in [0.15, 0.2) is 91.3 Å². The summed E-state index contributed by atoms with van der Waals surface area (Å²) in [6.45, 7) is 7.13. The summed E-state index contributed by atoms with van der Waals surface area (Å²) >= 11 is 0. The number of hydrogen-bond acceptors (Lipinski definition) is 3. The first kappa shape index (κ1) is 25.4. The van der Waals surface area contributed by atoms with Crippen LogP contribution in [0.25, 0.3) is 49.9 Å². The lowest BCUT2D eigenvalue weighted by Gasteiger charge is -2.10. The van der Waals surface area contributed by atoms with Crippen LogP contribution in [-0.2, 0) is 0 Å². The van der Waals surface area contributed by atoms with Crippen molar-refractivity contribution in [2.24, 2.45) is 0 Å². The van der Waals surface area contributed by atoms with Crippen molar-refractivity contribution in [1.82, 2.24) is 25.1 Å². The summed E-state index contributed by atoms with van der Waals surface area (Å²) in [5.74, 6) is -0.271. The van der Waals surface area contributed by atoms with Crippen molar-refractivity contribution in [3.05, 3.63) is 103 Å². The number of allylic oxidation sites excluding steroid dienone is 5. The Bertz CT molecular complexity index is 1670. The molecular weight excluding hydrogens is 473 g/mol. The molecule has 192 valence electrons. The normalized spacial score (nSPS) is 12.7. The Balaban J connectivity index is 1.53. The van der Waals surface area contributed by atoms with Crippen LogP contribution in [0.2, 0.25) is 0 Å². The van der Waals surface area contributed by atoms with Gasteiger partial charge in [0.05, 0.1) is 22.9 Å². The molecule has 0 amide bonds. The van der Waals surface area contributed by atoms with E-state index >= 15 is 0 Å². The molecule has 5 nitrogen and oxygen atoms in total. The Kier molecular flexibility index (Phi) is 7.33. The van der Waals surface area contributed by atoms with Gasteiger partial charge in [0.25, 0.3) is 0 Å². The predicted octanol–water partition coefficient (Wildman–Crippen LogP) is 7.77. The summed E-state index contributed by atoms with van der Waals surface area (Å²) in [4.78, 5) is 10.00. The third-order valence-corrected chi connectivity index (χ3v) is 6.85. The van der Waals surface area contributed by atoms with E-state index in [1.165, 1.54) is 11.6 Å². The van der Waals surface area contributed by atoms with Gasteiger partial charge in [0.2, 0.25) is 0 Å². The van der Waals surface area contributed by atoms with Gasteiger partial charge in [-0.3, -0.25) is 10.1 Å². The van der Waals surface area contributed by atoms with Gasteiger partial charge in [-0.15, -0.1) is 0 Å². The maximum Gasteiger partial charge on any atom is 0.131 e. The van der Waals surface area contributed by atoms with Crippen molar-refractivity contribution in [2.75, 3.05) is 20.6 Å². The second-order valence-corrected chi connectivity index (χ2v) is 9.72. The molecule has 6 heteroatoms. The molecule has 5 aromatic rings. The van der Waals surface area contributed by atoms with Crippen LogP contribution in [0.4, 0.5) is 4.39 Å². The van der Waals surface area contributed by atoms with Crippen molar-refractivity contribution in [1.29, 1.82) is 0 Å². The Morgan fingerprint density at radius 3 is 2.63 bits per heavy atom. The van der Waals surface area contributed by atoms with E-state index in [0.717, 1.165) is 69.3 Å². The number of fused-ring (bicyclic) bond motifs is 2. The van der Waals surface area contributed by atoms with Crippen LogP contribution in [0.1, 0.15) is 25.3 Å². The van der Waals surface area contributed by atoms with E-state index in [1.807, 2.05) is 18.2 Å². The van der Waals surface area contributed by atoms with Gasteiger partial charge < -0.3 is 9.88 Å². The number of nitrogens with one attached hydrogen (secondary N) is 2. The Morgan fingerprint density at radius 2 is 1.87 bits per heavy atom. The number of aromatic amines is 2. The topological polar surface area (TPSA) is 60.6 Å². The number of aromatic nitrogens is 4. The van der Waals surface area contributed by atoms with Gasteiger partial charge in [-0.1, -0.05) is 49.1 Å². The van der Waals surface area contributed by atoms with E-state index in [-0.39, 0.29) is 5.82 Å². The van der Waals surface area contributed by atoms with Crippen molar-refractivity contribution in [3.8, 4) is 22.5 Å². The number of rotatable bonds is 9. The van der Waals surface area contributed by atoms with E-state index in [1.54, 1.807) is 24.5 Å². The van der Waals surface area contributed by atoms with Crippen molar-refractivity contribution in [3.63, 3.8) is 0 Å². The molecule has 38 heavy (non-hydrogen) atoms. The highest BCUT2D eigenvalue weighted by atomic mass is 19.1. The fourth-order valence-corrected chi connectivity index (χ4v) is 4.84. The highest BCUT2D eigenvalue weighted by Crippen LogP contribution is 2.35. The highest BCUT2D eigenvalue weighted by Gasteiger charge is 2.16. The number of halogens is 1. The average Bonchev–Trinajstić information content (AvgIpc) is 3.54. The molecule has 0 atom stereocenters. The molecule has 5 rings (SSSR count). The Morgan fingerprint density at radius 1 is 1.03 bits per heavy atom. The predicted molar refractivity (Wildman–Crippen MR) is 156 cm³/mol. The zero-order valence-corrected chi connectivity index (χ0v) is 22.1. The van der Waals surface area contributed by atoms with Gasteiger partial charge in [0.1, 0.15) is 11.5 Å². The molecule has 0 aliphatic carbocycles. The third kappa shape index (κ3) is 5.08. The van der Waals surface area contributed by atoms with Crippen molar-refractivity contribution >= 4 is 27.4 Å². The molecular formula is C32H32FN5. The van der Waals surface area contributed by atoms with Crippen LogP contribution in [-0.4, -0.2) is 45.7 Å². The summed E-state index contributed by atoms with van der Waals surface area (Å²) in [7, 11) is 4.19. The maximum atomic E-state index is 14.6. The second kappa shape index (κ2) is 11.0. The minimum absolute atomic E-state index is 0.271. The molecule has 0 saturated carbocycles. The lowest BCUT2D eigenvalue weighted by atomic mass is 9.98. The molecule has 0 spiro atoms. The molecule has 2 aromatic carbocycles. The fraction of sp³-hybridized carbons (Fsp3) is 0.188. The van der Waals surface area contributed by atoms with Gasteiger partial charge in [-0.25, -0.2) is 4.39 Å². The molecule has 0 aliphatic heterocycles. The van der Waals surface area contributed by atoms with Gasteiger partial charge >= 0.3 is 0 Å². The van der Waals surface area contributed by atoms with Crippen LogP contribution in [0.3, 0.4) is 0 Å². The minimum atomic E-state index is -0.271. The summed E-state index contributed by atoms with van der Waals surface area (Å²) in [5, 5.41) is 9.70. The molecule has 0 unspecified atom stereocenters. The molecule has 0 radical (unpaired) electrons. The molecule has 0 aliphatic rings. The first-order valence-corrected chi connectivity index (χ1v) is 12.8. The third-order valence-electron chi connectivity index (χ3n) is 6.85. The number of nitrogens with zero attached hydrogens (tertiary/aromatic N) is 3. The largest absolute Gasteiger partial charge is 0.352 e. The highest BCUT2D eigenvalue weighted by molar-refractivity contribution is 6.01. The molecule has 3 aromatic heterocycles. The van der Waals surface area contributed by atoms with Crippen LogP contribution in [0.5, 0.6) is 0 Å². The standard InChI is InChI=1S/C32H32FN5/c1-5-21(10-9-15-38(3)4)16-22(6-2)23-13-14-29-26(17-23)32(37-36-29)30-18-25-27(19-34-20-31(25)35-30)24-11-7-8-12-28(24)33/h5-8,11-14,16-20,35H,1,9-10,15H2,2-4H3,(H,36,37)/b21-16+,22-6+. The first-order chi connectivity index (χ1) is 18.5. The smallest absolute Gasteiger partial charge is 0.131 e. The van der Waals surface area contributed by atoms with E-state index < -0.39 is 0 Å². The van der Waals surface area contributed by atoms with E-state index in [4.69, 9.17) is 0 Å². The van der Waals surface area contributed by atoms with Gasteiger partial charge in [0.15, 0.2) is 0 Å². The van der Waals surface area contributed by atoms with E-state index in [2.05, 4.69) is 83.0 Å². The molecule has 0 fully saturated rings. The van der Waals surface area contributed by atoms with Gasteiger partial charge in [0, 0.05) is 28.1 Å². The number of hydrogen-bond donors (Lipinski definition) is 2.